The van der Waals surface area contributed by atoms with Crippen LogP contribution < -0.4 is 0 Å². The summed E-state index contributed by atoms with van der Waals surface area (Å²) in [5, 5.41) is 7.42. The Morgan fingerprint density at radius 3 is 1.67 bits per heavy atom. The van der Waals surface area contributed by atoms with Gasteiger partial charge in [-0.2, -0.15) is 0 Å². The van der Waals surface area contributed by atoms with Gasteiger partial charge < -0.3 is 5.11 Å². The van der Waals surface area contributed by atoms with Crippen molar-refractivity contribution >= 4 is 43.7 Å². The first-order valence-corrected chi connectivity index (χ1v) is 0.928. The van der Waals surface area contributed by atoms with Crippen molar-refractivity contribution in [2.45, 2.75) is 6.92 Å². The Kier molecular flexibility index (Phi) is 24.9. The monoisotopic (exact) mass is 161 g/mol. The third kappa shape index (κ3) is 61.5. The number of carboxylic acids is 1. The molecule has 2 nitrogen and oxygen atoms in total. The average molecular weight is 161 g/mol. The Balaban J connectivity index is -0.0000000450. The van der Waals surface area contributed by atoms with Crippen LogP contribution in [0.3, 0.4) is 0 Å². The molecule has 1 N–H and O–H groups in total. The van der Waals surface area contributed by atoms with Gasteiger partial charge in [-0.05, 0) is 0 Å². The van der Waals surface area contributed by atoms with E-state index in [2.05, 4.69) is 0 Å². The molecule has 1 radical (unpaired) electrons. The first kappa shape index (κ1) is 15.7. The Bertz CT molecular complexity index is 34.5. The predicted octanol–water partition coefficient (Wildman–Crippen LogP) is -0.828. The molecule has 0 heterocycles. The second-order valence-electron chi connectivity index (χ2n) is 0.519. The van der Waals surface area contributed by atoms with E-state index in [9.17, 15) is 0 Å². The Hall–Kier alpha value is 1.24. The van der Waals surface area contributed by atoms with Crippen molar-refractivity contribution in [2.75, 3.05) is 0 Å². The Morgan fingerprint density at radius 1 is 1.67 bits per heavy atom. The fraction of sp³-hybridized carbons (Fsp3) is 0.500. The van der Waals surface area contributed by atoms with Crippen molar-refractivity contribution in [3.05, 3.63) is 0 Å². The van der Waals surface area contributed by atoms with Crippen LogP contribution in [-0.2, 0) is 21.6 Å². The predicted molar refractivity (Wildman–Crippen MR) is 21.9 cm³/mol. The van der Waals surface area contributed by atoms with Gasteiger partial charge in [0, 0.05) is 23.7 Å². The number of hydrogen-bond donors (Lipinski definition) is 1. The molecule has 0 aliphatic rings. The molecule has 6 heavy (non-hydrogen) atoms. The smallest absolute Gasteiger partial charge is 0 e. The molecule has 0 saturated heterocycles. The summed E-state index contributed by atoms with van der Waals surface area (Å²) in [6.45, 7) is 1.08. The van der Waals surface area contributed by atoms with E-state index in [4.69, 9.17) is 9.90 Å². The molecule has 0 unspecified atom stereocenters. The molecule has 0 aromatic rings. The summed E-state index contributed by atoms with van der Waals surface area (Å²) in [6, 6.07) is 0. The molecular weight excluding hydrogens is 155 g/mol. The molecule has 0 amide bonds. The van der Waals surface area contributed by atoms with Crippen molar-refractivity contribution in [2.24, 2.45) is 0 Å². The van der Waals surface area contributed by atoms with E-state index in [-0.39, 0.29) is 54.5 Å². The Labute approximate surface area is 76.5 Å². The largest absolute Gasteiger partial charge is 0 e. The molecular formula is C2H6CaCoO2. The standard InChI is InChI=1S/C2H4O2.Ca.Co.2H/c1-2(3)4;;;;/h1H3,(H,3,4);;;;. The number of carboxylic acid groups (broad SMARTS) is 1. The quantitative estimate of drug-likeness (QED) is 0.471. The minimum Gasteiger partial charge on any atom is 0 e. The van der Waals surface area contributed by atoms with Crippen LogP contribution in [0.2, 0.25) is 0 Å². The van der Waals surface area contributed by atoms with Crippen LogP contribution in [0.5, 0.6) is 0 Å². The summed E-state index contributed by atoms with van der Waals surface area (Å²) in [4.78, 5) is 9.00. The van der Waals surface area contributed by atoms with Gasteiger partial charge >= 0.3 is 37.7 Å². The number of carbonyl (C=O) groups is 1. The van der Waals surface area contributed by atoms with Crippen LogP contribution in [0, 0.1) is 0 Å². The van der Waals surface area contributed by atoms with Gasteiger partial charge in [0.25, 0.3) is 5.97 Å². The molecule has 0 fully saturated rings. The van der Waals surface area contributed by atoms with Crippen molar-refractivity contribution in [1.82, 2.24) is 0 Å². The van der Waals surface area contributed by atoms with E-state index < -0.39 is 5.97 Å². The second-order valence-corrected chi connectivity index (χ2v) is 0.519. The SMILES string of the molecule is CC(=O)O.[CaH2].[Co]. The number of hydrogen-bond acceptors (Lipinski definition) is 1. The van der Waals surface area contributed by atoms with Crippen molar-refractivity contribution in [3.63, 3.8) is 0 Å². The van der Waals surface area contributed by atoms with Gasteiger partial charge in [0.15, 0.2) is 0 Å². The maximum Gasteiger partial charge on any atom is 0 e. The summed E-state index contributed by atoms with van der Waals surface area (Å²) in [5.41, 5.74) is 0. The van der Waals surface area contributed by atoms with Crippen molar-refractivity contribution < 1.29 is 26.7 Å². The summed E-state index contributed by atoms with van der Waals surface area (Å²) in [5.74, 6) is -0.833. The topological polar surface area (TPSA) is 37.3 Å². The molecule has 0 spiro atoms. The maximum absolute atomic E-state index is 9.00. The van der Waals surface area contributed by atoms with E-state index in [1.807, 2.05) is 0 Å². The van der Waals surface area contributed by atoms with Gasteiger partial charge in [-0.15, -0.1) is 0 Å². The van der Waals surface area contributed by atoms with Crippen LogP contribution >= 0.6 is 0 Å². The zero-order valence-electron chi connectivity index (χ0n) is 2.69. The Morgan fingerprint density at radius 2 is 1.67 bits per heavy atom. The molecule has 0 aliphatic carbocycles. The van der Waals surface area contributed by atoms with Crippen LogP contribution in [0.25, 0.3) is 0 Å². The van der Waals surface area contributed by atoms with Gasteiger partial charge in [0.05, 0.1) is 0 Å². The van der Waals surface area contributed by atoms with Gasteiger partial charge in [-0.1, -0.05) is 0 Å². The molecule has 4 heteroatoms. The fourth-order valence-corrected chi connectivity index (χ4v) is 0. The summed E-state index contributed by atoms with van der Waals surface area (Å²) < 4.78 is 0. The third-order valence-electron chi connectivity index (χ3n) is 0. The summed E-state index contributed by atoms with van der Waals surface area (Å²) in [6.07, 6.45) is 0. The van der Waals surface area contributed by atoms with Gasteiger partial charge in [-0.3, -0.25) is 4.79 Å². The molecule has 37 valence electrons. The van der Waals surface area contributed by atoms with Crippen molar-refractivity contribution in [3.8, 4) is 0 Å². The van der Waals surface area contributed by atoms with Gasteiger partial charge in [0.1, 0.15) is 0 Å². The molecule has 0 bridgehead atoms. The zero-order valence-corrected chi connectivity index (χ0v) is 3.73. The van der Waals surface area contributed by atoms with E-state index in [1.54, 1.807) is 0 Å². The average Bonchev–Trinajstić information content (AvgIpc) is 0.811. The van der Waals surface area contributed by atoms with Crippen molar-refractivity contribution in [1.29, 1.82) is 0 Å². The molecule has 0 rings (SSSR count). The molecule has 0 atom stereocenters. The molecule has 0 aliphatic heterocycles. The fourth-order valence-electron chi connectivity index (χ4n) is 0. The van der Waals surface area contributed by atoms with E-state index in [0.717, 1.165) is 6.92 Å². The summed E-state index contributed by atoms with van der Waals surface area (Å²) >= 11 is 0. The molecule has 0 aromatic heterocycles. The molecule has 0 saturated carbocycles. The maximum atomic E-state index is 9.00. The first-order valence-electron chi connectivity index (χ1n) is 0.928. The normalized spacial score (nSPS) is 4.17. The number of aliphatic carboxylic acids is 1. The van der Waals surface area contributed by atoms with E-state index >= 15 is 0 Å². The van der Waals surface area contributed by atoms with Crippen LogP contribution in [0.1, 0.15) is 6.92 Å². The third-order valence-corrected chi connectivity index (χ3v) is 0. The molecule has 0 aromatic carbocycles. The van der Waals surface area contributed by atoms with Crippen LogP contribution in [0.4, 0.5) is 0 Å². The van der Waals surface area contributed by atoms with E-state index in [1.165, 1.54) is 0 Å². The number of rotatable bonds is 0. The van der Waals surface area contributed by atoms with Crippen LogP contribution in [-0.4, -0.2) is 48.8 Å². The first-order chi connectivity index (χ1) is 1.73. The zero-order chi connectivity index (χ0) is 3.58. The van der Waals surface area contributed by atoms with E-state index in [0.29, 0.717) is 0 Å². The van der Waals surface area contributed by atoms with Crippen LogP contribution in [0.15, 0.2) is 0 Å². The summed E-state index contributed by atoms with van der Waals surface area (Å²) in [7, 11) is 0. The van der Waals surface area contributed by atoms with Gasteiger partial charge in [0.2, 0.25) is 0 Å². The second kappa shape index (κ2) is 9.53. The minimum atomic E-state index is -0.833. The van der Waals surface area contributed by atoms with Gasteiger partial charge in [-0.25, -0.2) is 0 Å². The minimum absolute atomic E-state index is 0.